The molecule has 0 aliphatic heterocycles. The number of anilines is 3. The topological polar surface area (TPSA) is 3.24 Å². The Kier molecular flexibility index (Phi) is 8.81. The van der Waals surface area contributed by atoms with Crippen molar-refractivity contribution in [1.29, 1.82) is 0 Å². The predicted octanol–water partition coefficient (Wildman–Crippen LogP) is 13.1. The average Bonchev–Trinajstić information content (AvgIpc) is 3.14. The first kappa shape index (κ1) is 36.8. The van der Waals surface area contributed by atoms with Crippen molar-refractivity contribution < 1.29 is 0 Å². The zero-order valence-corrected chi connectivity index (χ0v) is 35.5. The summed E-state index contributed by atoms with van der Waals surface area (Å²) in [4.78, 5) is 2.60. The molecule has 0 fully saturated rings. The Morgan fingerprint density at radius 1 is 0.351 bits per heavy atom. The van der Waals surface area contributed by atoms with Crippen LogP contribution in [0.15, 0.2) is 115 Å². The van der Waals surface area contributed by atoms with Crippen LogP contribution in [0.1, 0.15) is 61.2 Å². The van der Waals surface area contributed by atoms with Gasteiger partial charge in [0.2, 0.25) is 6.71 Å². The van der Waals surface area contributed by atoms with Crippen molar-refractivity contribution in [3.05, 3.63) is 176 Å². The molecular formula is C55H52BN. The summed E-state index contributed by atoms with van der Waals surface area (Å²) in [6, 6.07) is 44.7. The maximum Gasteiger partial charge on any atom is 0.243 e. The summed E-state index contributed by atoms with van der Waals surface area (Å²) in [6.45, 7) is 25.0. The normalized spacial score (nSPS) is 11.8. The minimum atomic E-state index is 0.0775. The van der Waals surface area contributed by atoms with Gasteiger partial charge in [-0.3, -0.25) is 0 Å². The number of benzene rings is 9. The van der Waals surface area contributed by atoms with Crippen molar-refractivity contribution >= 4 is 83.3 Å². The molecule has 0 aliphatic carbocycles. The van der Waals surface area contributed by atoms with Crippen LogP contribution in [0.2, 0.25) is 0 Å². The van der Waals surface area contributed by atoms with Crippen molar-refractivity contribution in [3.8, 4) is 0 Å². The Bertz CT molecular complexity index is 2960. The Balaban J connectivity index is 1.46. The van der Waals surface area contributed by atoms with E-state index in [1.807, 2.05) is 0 Å². The van der Waals surface area contributed by atoms with Gasteiger partial charge in [0.1, 0.15) is 0 Å². The first-order valence-electron chi connectivity index (χ1n) is 20.5. The quantitative estimate of drug-likeness (QED) is 0.0933. The second kappa shape index (κ2) is 13.7. The van der Waals surface area contributed by atoms with Gasteiger partial charge < -0.3 is 4.90 Å². The molecular weight excluding hydrogens is 685 g/mol. The molecule has 0 saturated heterocycles. The van der Waals surface area contributed by atoms with Crippen LogP contribution in [0.25, 0.3) is 43.1 Å². The predicted molar refractivity (Wildman–Crippen MR) is 252 cm³/mol. The van der Waals surface area contributed by atoms with Crippen LogP contribution in [-0.2, 0) is 0 Å². The van der Waals surface area contributed by atoms with Gasteiger partial charge >= 0.3 is 0 Å². The lowest BCUT2D eigenvalue weighted by Gasteiger charge is -2.33. The van der Waals surface area contributed by atoms with Gasteiger partial charge in [0.25, 0.3) is 0 Å². The van der Waals surface area contributed by atoms with E-state index in [0.717, 1.165) is 0 Å². The molecule has 0 saturated carbocycles. The number of fused-ring (bicyclic) bond motifs is 3. The standard InChI is InChI=1S/C55H52BN/c1-31-16-21-47(35(5)24-31)56(53-36(6)25-32(2)26-37(53)7)48-22-20-45-43-14-12-13-15-44(43)52-49(23-18-42-17-19-46(48)51(45)50(42)52)57(54-38(8)27-33(3)28-39(54)9)55-40(10)29-34(4)30-41(55)11/h12-30H,1-11H3. The summed E-state index contributed by atoms with van der Waals surface area (Å²) in [7, 11) is 0. The zero-order valence-electron chi connectivity index (χ0n) is 35.5. The maximum absolute atomic E-state index is 2.60. The van der Waals surface area contributed by atoms with Gasteiger partial charge in [-0.1, -0.05) is 165 Å². The van der Waals surface area contributed by atoms with Gasteiger partial charge in [0.15, 0.2) is 0 Å². The molecule has 57 heavy (non-hydrogen) atoms. The molecule has 2 heteroatoms. The molecule has 280 valence electrons. The molecule has 0 amide bonds. The third kappa shape index (κ3) is 5.83. The number of hydrogen-bond donors (Lipinski definition) is 0. The molecule has 0 unspecified atom stereocenters. The first-order valence-corrected chi connectivity index (χ1v) is 20.5. The molecule has 0 heterocycles. The molecule has 0 N–H and O–H groups in total. The molecule has 9 aromatic carbocycles. The molecule has 9 aromatic rings. The van der Waals surface area contributed by atoms with Gasteiger partial charge in [0.05, 0.1) is 17.1 Å². The highest BCUT2D eigenvalue weighted by atomic mass is 15.2. The summed E-state index contributed by atoms with van der Waals surface area (Å²) in [5.74, 6) is 0. The van der Waals surface area contributed by atoms with Gasteiger partial charge in [-0.25, -0.2) is 0 Å². The third-order valence-corrected chi connectivity index (χ3v) is 12.7. The highest BCUT2D eigenvalue weighted by Gasteiger charge is 2.31. The zero-order chi connectivity index (χ0) is 40.0. The molecule has 0 aromatic heterocycles. The Morgan fingerprint density at radius 2 is 0.825 bits per heavy atom. The van der Waals surface area contributed by atoms with Gasteiger partial charge in [-0.05, 0) is 137 Å². The van der Waals surface area contributed by atoms with E-state index in [1.165, 1.54) is 138 Å². The highest BCUT2D eigenvalue weighted by molar-refractivity contribution is 6.97. The van der Waals surface area contributed by atoms with Crippen molar-refractivity contribution in [2.45, 2.75) is 76.2 Å². The fourth-order valence-corrected chi connectivity index (χ4v) is 10.8. The van der Waals surface area contributed by atoms with Crippen molar-refractivity contribution in [2.75, 3.05) is 4.90 Å². The fraction of sp³-hybridized carbons (Fsp3) is 0.200. The average molecular weight is 738 g/mol. The van der Waals surface area contributed by atoms with Gasteiger partial charge in [-0.15, -0.1) is 0 Å². The summed E-state index contributed by atoms with van der Waals surface area (Å²) < 4.78 is 0. The first-order chi connectivity index (χ1) is 27.3. The van der Waals surface area contributed by atoms with Crippen LogP contribution in [0.5, 0.6) is 0 Å². The SMILES string of the molecule is Cc1ccc(B(c2c(C)cc(C)cc2C)c2ccc3c4ccccc4c4c(N(c5c(C)cc(C)cc5C)c5c(C)cc(C)cc5C)ccc5ccc2c3c54)c(C)c1. The number of hydrogen-bond acceptors (Lipinski definition) is 1. The van der Waals surface area contributed by atoms with Crippen molar-refractivity contribution in [2.24, 2.45) is 0 Å². The Morgan fingerprint density at radius 3 is 1.40 bits per heavy atom. The fourth-order valence-electron chi connectivity index (χ4n) is 10.8. The Labute approximate surface area is 339 Å². The van der Waals surface area contributed by atoms with Gasteiger partial charge in [-0.2, -0.15) is 0 Å². The number of rotatable bonds is 6. The highest BCUT2D eigenvalue weighted by Crippen LogP contribution is 2.50. The van der Waals surface area contributed by atoms with E-state index < -0.39 is 0 Å². The van der Waals surface area contributed by atoms with Crippen molar-refractivity contribution in [3.63, 3.8) is 0 Å². The van der Waals surface area contributed by atoms with E-state index >= 15 is 0 Å². The van der Waals surface area contributed by atoms with E-state index in [2.05, 4.69) is 196 Å². The lowest BCUT2D eigenvalue weighted by atomic mass is 9.34. The second-order valence-corrected chi connectivity index (χ2v) is 17.2. The van der Waals surface area contributed by atoms with Gasteiger partial charge in [0, 0.05) is 10.8 Å². The summed E-state index contributed by atoms with van der Waals surface area (Å²) in [6.07, 6.45) is 0. The molecule has 9 rings (SSSR count). The minimum Gasteiger partial charge on any atom is -0.309 e. The maximum atomic E-state index is 2.60. The molecule has 0 radical (unpaired) electrons. The molecule has 0 atom stereocenters. The lowest BCUT2D eigenvalue weighted by molar-refractivity contribution is 1.17. The smallest absolute Gasteiger partial charge is 0.243 e. The largest absolute Gasteiger partial charge is 0.309 e. The minimum absolute atomic E-state index is 0.0775. The van der Waals surface area contributed by atoms with Crippen LogP contribution in [0.3, 0.4) is 0 Å². The lowest BCUT2D eigenvalue weighted by Crippen LogP contribution is -2.55. The van der Waals surface area contributed by atoms with Crippen LogP contribution in [0.4, 0.5) is 17.1 Å². The summed E-state index contributed by atoms with van der Waals surface area (Å²) >= 11 is 0. The summed E-state index contributed by atoms with van der Waals surface area (Å²) in [5, 5.41) is 10.5. The molecule has 0 aliphatic rings. The second-order valence-electron chi connectivity index (χ2n) is 17.2. The van der Waals surface area contributed by atoms with E-state index in [0.29, 0.717) is 0 Å². The van der Waals surface area contributed by atoms with Crippen LogP contribution < -0.4 is 21.3 Å². The number of nitrogens with zero attached hydrogens (tertiary/aromatic N) is 1. The molecule has 1 nitrogen and oxygen atoms in total. The molecule has 0 bridgehead atoms. The van der Waals surface area contributed by atoms with E-state index in [4.69, 9.17) is 0 Å². The van der Waals surface area contributed by atoms with Crippen LogP contribution >= 0.6 is 0 Å². The third-order valence-electron chi connectivity index (χ3n) is 12.7. The summed E-state index contributed by atoms with van der Waals surface area (Å²) in [5.41, 5.74) is 22.2. The van der Waals surface area contributed by atoms with E-state index in [9.17, 15) is 0 Å². The Hall–Kier alpha value is -5.86. The van der Waals surface area contributed by atoms with Crippen LogP contribution in [0, 0.1) is 76.2 Å². The van der Waals surface area contributed by atoms with Crippen molar-refractivity contribution in [1.82, 2.24) is 0 Å². The van der Waals surface area contributed by atoms with Crippen LogP contribution in [-0.4, -0.2) is 6.71 Å². The monoisotopic (exact) mass is 737 g/mol. The van der Waals surface area contributed by atoms with E-state index in [1.54, 1.807) is 0 Å². The van der Waals surface area contributed by atoms with E-state index in [-0.39, 0.29) is 6.71 Å². The number of aryl methyl sites for hydroxylation is 11. The molecule has 0 spiro atoms.